The Balaban J connectivity index is 1.89. The minimum absolute atomic E-state index is 0.0675. The fourth-order valence-electron chi connectivity index (χ4n) is 2.31. The topological polar surface area (TPSA) is 44.9 Å². The van der Waals surface area contributed by atoms with E-state index in [9.17, 15) is 4.79 Å². The first-order valence-electron chi connectivity index (χ1n) is 6.78. The molecular weight excluding hydrogens is 280 g/mol. The summed E-state index contributed by atoms with van der Waals surface area (Å²) in [7, 11) is 1.65. The first-order chi connectivity index (χ1) is 10.3. The second-order valence-electron chi connectivity index (χ2n) is 4.73. The summed E-state index contributed by atoms with van der Waals surface area (Å²) in [6.45, 7) is 0. The van der Waals surface area contributed by atoms with Crippen LogP contribution in [0, 0.1) is 0 Å². The third kappa shape index (κ3) is 2.81. The number of H-pyrrole nitrogens is 1. The Hall–Kier alpha value is -2.20. The quantitative estimate of drug-likeness (QED) is 0.719. The van der Waals surface area contributed by atoms with Crippen LogP contribution in [0.1, 0.15) is 15.9 Å². The van der Waals surface area contributed by atoms with Gasteiger partial charge in [0.15, 0.2) is 0 Å². The second kappa shape index (κ2) is 6.06. The van der Waals surface area contributed by atoms with Gasteiger partial charge in [-0.05, 0) is 11.6 Å². The number of rotatable bonds is 4. The number of thioether (sulfide) groups is 1. The van der Waals surface area contributed by atoms with Crippen molar-refractivity contribution in [3.05, 3.63) is 65.9 Å². The van der Waals surface area contributed by atoms with Crippen LogP contribution in [0.15, 0.2) is 59.6 Å². The zero-order valence-electron chi connectivity index (χ0n) is 11.7. The summed E-state index contributed by atoms with van der Waals surface area (Å²) in [5.41, 5.74) is 2.87. The maximum absolute atomic E-state index is 11.9. The summed E-state index contributed by atoms with van der Waals surface area (Å²) >= 11 is 1.77. The highest BCUT2D eigenvalue weighted by atomic mass is 32.2. The van der Waals surface area contributed by atoms with Gasteiger partial charge in [0.1, 0.15) is 0 Å². The van der Waals surface area contributed by atoms with Gasteiger partial charge >= 0.3 is 0 Å². The zero-order chi connectivity index (χ0) is 14.7. The number of hydrogen-bond donors (Lipinski definition) is 2. The normalized spacial score (nSPS) is 10.7. The minimum atomic E-state index is -0.0675. The second-order valence-corrected chi connectivity index (χ2v) is 5.75. The lowest BCUT2D eigenvalue weighted by molar-refractivity contribution is 0.0964. The Morgan fingerprint density at radius 1 is 1.14 bits per heavy atom. The molecular formula is C17H16N2OS. The van der Waals surface area contributed by atoms with E-state index in [1.807, 2.05) is 30.5 Å². The standard InChI is InChI=1S/C17H16N2OS/c1-18-17(20)14-9-5-8-13-15(10-19-16(13)14)21-11-12-6-3-2-4-7-12/h2-10,19H,11H2,1H3,(H,18,20). The Morgan fingerprint density at radius 2 is 1.95 bits per heavy atom. The Labute approximate surface area is 127 Å². The SMILES string of the molecule is CNC(=O)c1cccc2c(SCc3ccccc3)c[nH]c12. The molecule has 0 fully saturated rings. The number of nitrogens with one attached hydrogen (secondary N) is 2. The van der Waals surface area contributed by atoms with Gasteiger partial charge < -0.3 is 10.3 Å². The summed E-state index contributed by atoms with van der Waals surface area (Å²) in [5.74, 6) is 0.847. The Kier molecular flexibility index (Phi) is 3.97. The van der Waals surface area contributed by atoms with Crippen molar-refractivity contribution in [1.82, 2.24) is 10.3 Å². The van der Waals surface area contributed by atoms with E-state index in [1.165, 1.54) is 10.5 Å². The number of aromatic nitrogens is 1. The summed E-state index contributed by atoms with van der Waals surface area (Å²) in [6, 6.07) is 16.2. The molecule has 21 heavy (non-hydrogen) atoms. The molecule has 0 radical (unpaired) electrons. The summed E-state index contributed by atoms with van der Waals surface area (Å²) < 4.78 is 0. The van der Waals surface area contributed by atoms with E-state index in [0.29, 0.717) is 5.56 Å². The number of carbonyl (C=O) groups is 1. The number of aromatic amines is 1. The molecule has 0 unspecified atom stereocenters. The van der Waals surface area contributed by atoms with E-state index in [-0.39, 0.29) is 5.91 Å². The fourth-order valence-corrected chi connectivity index (χ4v) is 3.29. The van der Waals surface area contributed by atoms with E-state index in [1.54, 1.807) is 18.8 Å². The largest absolute Gasteiger partial charge is 0.359 e. The molecule has 106 valence electrons. The Bertz CT molecular complexity index is 765. The van der Waals surface area contributed by atoms with Crippen molar-refractivity contribution in [2.24, 2.45) is 0 Å². The van der Waals surface area contributed by atoms with Crippen molar-refractivity contribution in [3.63, 3.8) is 0 Å². The number of hydrogen-bond acceptors (Lipinski definition) is 2. The summed E-state index contributed by atoms with van der Waals surface area (Å²) in [5, 5.41) is 3.77. The molecule has 0 aliphatic carbocycles. The van der Waals surface area contributed by atoms with Gasteiger partial charge in [-0.15, -0.1) is 11.8 Å². The number of amides is 1. The molecule has 3 rings (SSSR count). The van der Waals surface area contributed by atoms with Gasteiger partial charge in [-0.1, -0.05) is 42.5 Å². The number of carbonyl (C=O) groups excluding carboxylic acids is 1. The van der Waals surface area contributed by atoms with Crippen LogP contribution in [0.25, 0.3) is 10.9 Å². The van der Waals surface area contributed by atoms with Crippen molar-refractivity contribution >= 4 is 28.6 Å². The average molecular weight is 296 g/mol. The monoisotopic (exact) mass is 296 g/mol. The van der Waals surface area contributed by atoms with E-state index in [4.69, 9.17) is 0 Å². The van der Waals surface area contributed by atoms with Crippen LogP contribution < -0.4 is 5.32 Å². The molecule has 3 nitrogen and oxygen atoms in total. The highest BCUT2D eigenvalue weighted by molar-refractivity contribution is 7.98. The molecule has 1 amide bonds. The highest BCUT2D eigenvalue weighted by Gasteiger charge is 2.12. The molecule has 3 aromatic rings. The molecule has 0 atom stereocenters. The molecule has 0 saturated carbocycles. The molecule has 1 aromatic heterocycles. The van der Waals surface area contributed by atoms with Crippen LogP contribution in [0.3, 0.4) is 0 Å². The van der Waals surface area contributed by atoms with Crippen molar-refractivity contribution in [1.29, 1.82) is 0 Å². The maximum atomic E-state index is 11.9. The van der Waals surface area contributed by atoms with Crippen molar-refractivity contribution in [2.75, 3.05) is 7.05 Å². The molecule has 0 spiro atoms. The van der Waals surface area contributed by atoms with Gasteiger partial charge in [-0.25, -0.2) is 0 Å². The van der Waals surface area contributed by atoms with Crippen LogP contribution in [0.4, 0.5) is 0 Å². The van der Waals surface area contributed by atoms with Gasteiger partial charge in [0.05, 0.1) is 11.1 Å². The smallest absolute Gasteiger partial charge is 0.253 e. The lowest BCUT2D eigenvalue weighted by atomic mass is 10.1. The molecule has 2 aromatic carbocycles. The molecule has 2 N–H and O–H groups in total. The number of benzene rings is 2. The Morgan fingerprint density at radius 3 is 2.71 bits per heavy atom. The van der Waals surface area contributed by atoms with Crippen molar-refractivity contribution in [3.8, 4) is 0 Å². The molecule has 0 aliphatic heterocycles. The van der Waals surface area contributed by atoms with Gasteiger partial charge in [0.25, 0.3) is 5.91 Å². The number of para-hydroxylation sites is 1. The van der Waals surface area contributed by atoms with E-state index < -0.39 is 0 Å². The molecule has 0 aliphatic rings. The van der Waals surface area contributed by atoms with Crippen LogP contribution >= 0.6 is 11.8 Å². The van der Waals surface area contributed by atoms with Crippen LogP contribution in [0.2, 0.25) is 0 Å². The molecule has 0 saturated heterocycles. The van der Waals surface area contributed by atoms with Crippen LogP contribution in [-0.4, -0.2) is 17.9 Å². The van der Waals surface area contributed by atoms with E-state index in [2.05, 4.69) is 34.6 Å². The van der Waals surface area contributed by atoms with E-state index >= 15 is 0 Å². The molecule has 4 heteroatoms. The average Bonchev–Trinajstić information content (AvgIpc) is 2.96. The third-order valence-electron chi connectivity index (χ3n) is 3.39. The van der Waals surface area contributed by atoms with Crippen molar-refractivity contribution in [2.45, 2.75) is 10.6 Å². The first kappa shape index (κ1) is 13.8. The van der Waals surface area contributed by atoms with Gasteiger partial charge in [-0.3, -0.25) is 4.79 Å². The molecule has 0 bridgehead atoms. The third-order valence-corrected chi connectivity index (χ3v) is 4.51. The first-order valence-corrected chi connectivity index (χ1v) is 7.77. The maximum Gasteiger partial charge on any atom is 0.253 e. The predicted octanol–water partition coefficient (Wildman–Crippen LogP) is 3.82. The lowest BCUT2D eigenvalue weighted by Gasteiger charge is -2.03. The zero-order valence-corrected chi connectivity index (χ0v) is 12.5. The van der Waals surface area contributed by atoms with E-state index in [0.717, 1.165) is 16.7 Å². The van der Waals surface area contributed by atoms with Gasteiger partial charge in [0.2, 0.25) is 0 Å². The molecule has 1 heterocycles. The minimum Gasteiger partial charge on any atom is -0.359 e. The summed E-state index contributed by atoms with van der Waals surface area (Å²) in [6.07, 6.45) is 1.98. The van der Waals surface area contributed by atoms with Crippen molar-refractivity contribution < 1.29 is 4.79 Å². The number of fused-ring (bicyclic) bond motifs is 1. The fraction of sp³-hybridized carbons (Fsp3) is 0.118. The van der Waals surface area contributed by atoms with Gasteiger partial charge in [-0.2, -0.15) is 0 Å². The van der Waals surface area contributed by atoms with Crippen LogP contribution in [-0.2, 0) is 5.75 Å². The predicted molar refractivity (Wildman–Crippen MR) is 87.7 cm³/mol. The van der Waals surface area contributed by atoms with Crippen LogP contribution in [0.5, 0.6) is 0 Å². The highest BCUT2D eigenvalue weighted by Crippen LogP contribution is 2.31. The van der Waals surface area contributed by atoms with Gasteiger partial charge in [0, 0.05) is 29.3 Å². The lowest BCUT2D eigenvalue weighted by Crippen LogP contribution is -2.17. The summed E-state index contributed by atoms with van der Waals surface area (Å²) in [4.78, 5) is 16.3.